The van der Waals surface area contributed by atoms with E-state index in [1.54, 1.807) is 0 Å². The molecule has 0 radical (unpaired) electrons. The summed E-state index contributed by atoms with van der Waals surface area (Å²) in [5.41, 5.74) is 12.4. The fourth-order valence-corrected chi connectivity index (χ4v) is 8.76. The van der Waals surface area contributed by atoms with Gasteiger partial charge in [-0.2, -0.15) is 0 Å². The summed E-state index contributed by atoms with van der Waals surface area (Å²) in [6.07, 6.45) is 0. The lowest BCUT2D eigenvalue weighted by Crippen LogP contribution is -2.03. The number of rotatable bonds is 4. The zero-order chi connectivity index (χ0) is 36.0. The minimum absolute atomic E-state index is 0.622. The lowest BCUT2D eigenvalue weighted by Gasteiger charge is -2.13. The molecule has 0 atom stereocenters. The van der Waals surface area contributed by atoms with Crippen molar-refractivity contribution in [1.82, 2.24) is 19.1 Å². The van der Waals surface area contributed by atoms with Crippen molar-refractivity contribution in [2.75, 3.05) is 0 Å². The number of para-hydroxylation sites is 4. The van der Waals surface area contributed by atoms with Crippen molar-refractivity contribution in [1.29, 1.82) is 0 Å². The molecule has 4 aromatic heterocycles. The average molecular weight is 703 g/mol. The van der Waals surface area contributed by atoms with Crippen molar-refractivity contribution in [3.05, 3.63) is 182 Å². The largest absolute Gasteiger partial charge is 0.456 e. The molecule has 0 unspecified atom stereocenters. The Kier molecular flexibility index (Phi) is 6.27. The Balaban J connectivity index is 1.24. The summed E-state index contributed by atoms with van der Waals surface area (Å²) in [4.78, 5) is 10.9. The Bertz CT molecular complexity index is 3470. The van der Waals surface area contributed by atoms with Crippen molar-refractivity contribution in [3.8, 4) is 34.0 Å². The molecule has 0 bridgehead atoms. The van der Waals surface area contributed by atoms with Gasteiger partial charge >= 0.3 is 0 Å². The van der Waals surface area contributed by atoms with E-state index in [0.29, 0.717) is 5.95 Å². The molecule has 256 valence electrons. The smallest absolute Gasteiger partial charge is 0.235 e. The van der Waals surface area contributed by atoms with E-state index in [9.17, 15) is 0 Å². The lowest BCUT2D eigenvalue weighted by atomic mass is 10.0. The molecule has 0 aliphatic carbocycles. The Morgan fingerprint density at radius 2 is 1.00 bits per heavy atom. The molecule has 0 spiro atoms. The molecule has 12 rings (SSSR count). The summed E-state index contributed by atoms with van der Waals surface area (Å²) in [5, 5.41) is 7.77. The fourth-order valence-electron chi connectivity index (χ4n) is 8.76. The molecule has 12 aromatic rings. The topological polar surface area (TPSA) is 48.8 Å². The van der Waals surface area contributed by atoms with Gasteiger partial charge in [0.25, 0.3) is 0 Å². The minimum atomic E-state index is 0.622. The zero-order valence-electron chi connectivity index (χ0n) is 29.5. The van der Waals surface area contributed by atoms with Gasteiger partial charge in [0.2, 0.25) is 5.95 Å². The molecule has 5 nitrogen and oxygen atoms in total. The molecule has 0 fully saturated rings. The Morgan fingerprint density at radius 1 is 0.364 bits per heavy atom. The first-order chi connectivity index (χ1) is 27.3. The van der Waals surface area contributed by atoms with Crippen molar-refractivity contribution in [3.63, 3.8) is 0 Å². The molecule has 5 heteroatoms. The van der Waals surface area contributed by atoms with Crippen LogP contribution < -0.4 is 0 Å². The molecule has 0 aliphatic rings. The minimum Gasteiger partial charge on any atom is -0.456 e. The van der Waals surface area contributed by atoms with Crippen LogP contribution in [0.25, 0.3) is 110 Å². The number of hydrogen-bond donors (Lipinski definition) is 0. The van der Waals surface area contributed by atoms with Crippen LogP contribution in [-0.4, -0.2) is 19.1 Å². The van der Waals surface area contributed by atoms with Gasteiger partial charge in [0.1, 0.15) is 11.2 Å². The molecule has 0 saturated heterocycles. The van der Waals surface area contributed by atoms with Crippen LogP contribution in [-0.2, 0) is 0 Å². The number of fused-ring (bicyclic) bond motifs is 12. The second-order valence-corrected chi connectivity index (χ2v) is 14.1. The van der Waals surface area contributed by atoms with E-state index in [-0.39, 0.29) is 0 Å². The summed E-state index contributed by atoms with van der Waals surface area (Å²) in [6.45, 7) is 0. The number of furan rings is 1. The molecule has 0 aliphatic heterocycles. The van der Waals surface area contributed by atoms with E-state index < -0.39 is 0 Å². The van der Waals surface area contributed by atoms with E-state index in [2.05, 4.69) is 173 Å². The molecule has 8 aromatic carbocycles. The number of hydrogen-bond acceptors (Lipinski definition) is 3. The number of benzene rings is 8. The van der Waals surface area contributed by atoms with Gasteiger partial charge in [-0.3, -0.25) is 4.57 Å². The third kappa shape index (κ3) is 4.35. The van der Waals surface area contributed by atoms with E-state index >= 15 is 0 Å². The van der Waals surface area contributed by atoms with Crippen molar-refractivity contribution in [2.24, 2.45) is 0 Å². The van der Waals surface area contributed by atoms with E-state index in [1.807, 2.05) is 18.2 Å². The highest BCUT2D eigenvalue weighted by Crippen LogP contribution is 2.46. The molecule has 0 N–H and O–H groups in total. The van der Waals surface area contributed by atoms with Crippen LogP contribution in [0.4, 0.5) is 0 Å². The Hall–Kier alpha value is -7.50. The predicted molar refractivity (Wildman–Crippen MR) is 226 cm³/mol. The van der Waals surface area contributed by atoms with Crippen molar-refractivity contribution >= 4 is 76.5 Å². The molecule has 0 amide bonds. The van der Waals surface area contributed by atoms with Gasteiger partial charge in [0.05, 0.1) is 33.3 Å². The molecular formula is C50H30N4O. The Morgan fingerprint density at radius 3 is 1.84 bits per heavy atom. The highest BCUT2D eigenvalue weighted by atomic mass is 16.3. The average Bonchev–Trinajstić information content (AvgIpc) is 3.91. The lowest BCUT2D eigenvalue weighted by molar-refractivity contribution is 0.669. The van der Waals surface area contributed by atoms with Gasteiger partial charge in [-0.25, -0.2) is 9.97 Å². The SMILES string of the molecule is c1ccc(-c2ccc(-c3nc(-n4c5ccc6oc7ccccc7c6c5c5ccc6c(c7ccccc7n6-c6ccccc6)c54)nc4ccccc34)cc2)cc1. The van der Waals surface area contributed by atoms with Crippen LogP contribution in [0.5, 0.6) is 0 Å². The van der Waals surface area contributed by atoms with Crippen LogP contribution in [0.3, 0.4) is 0 Å². The molecular weight excluding hydrogens is 673 g/mol. The summed E-state index contributed by atoms with van der Waals surface area (Å²) in [5.74, 6) is 0.622. The highest BCUT2D eigenvalue weighted by Gasteiger charge is 2.25. The Labute approximate surface area is 315 Å². The maximum Gasteiger partial charge on any atom is 0.235 e. The third-order valence-corrected chi connectivity index (χ3v) is 11.1. The van der Waals surface area contributed by atoms with Crippen LogP contribution in [0.15, 0.2) is 186 Å². The summed E-state index contributed by atoms with van der Waals surface area (Å²) >= 11 is 0. The normalized spacial score (nSPS) is 12.0. The van der Waals surface area contributed by atoms with Crippen LogP contribution >= 0.6 is 0 Å². The maximum absolute atomic E-state index is 6.48. The second-order valence-electron chi connectivity index (χ2n) is 14.1. The molecule has 0 saturated carbocycles. The van der Waals surface area contributed by atoms with Crippen molar-refractivity contribution in [2.45, 2.75) is 0 Å². The van der Waals surface area contributed by atoms with Gasteiger partial charge in [0, 0.05) is 49.0 Å². The van der Waals surface area contributed by atoms with Gasteiger partial charge in [0.15, 0.2) is 0 Å². The van der Waals surface area contributed by atoms with E-state index in [0.717, 1.165) is 88.0 Å². The number of nitrogens with zero attached hydrogens (tertiary/aromatic N) is 4. The van der Waals surface area contributed by atoms with Crippen molar-refractivity contribution < 1.29 is 4.42 Å². The number of aromatic nitrogens is 4. The molecule has 55 heavy (non-hydrogen) atoms. The maximum atomic E-state index is 6.48. The van der Waals surface area contributed by atoms with Gasteiger partial charge in [-0.1, -0.05) is 133 Å². The van der Waals surface area contributed by atoms with Crippen LogP contribution in [0, 0.1) is 0 Å². The van der Waals surface area contributed by atoms with Gasteiger partial charge in [-0.15, -0.1) is 0 Å². The summed E-state index contributed by atoms with van der Waals surface area (Å²) in [7, 11) is 0. The van der Waals surface area contributed by atoms with Gasteiger partial charge in [-0.05, 0) is 59.7 Å². The first kappa shape index (κ1) is 30.0. The fraction of sp³-hybridized carbons (Fsp3) is 0. The quantitative estimate of drug-likeness (QED) is 0.183. The second kappa shape index (κ2) is 11.5. The summed E-state index contributed by atoms with van der Waals surface area (Å²) in [6, 6.07) is 64.0. The van der Waals surface area contributed by atoms with Gasteiger partial charge < -0.3 is 8.98 Å². The third-order valence-electron chi connectivity index (χ3n) is 11.1. The molecule has 4 heterocycles. The first-order valence-electron chi connectivity index (χ1n) is 18.6. The monoisotopic (exact) mass is 702 g/mol. The highest BCUT2D eigenvalue weighted by molar-refractivity contribution is 6.32. The van der Waals surface area contributed by atoms with Crippen LogP contribution in [0.2, 0.25) is 0 Å². The predicted octanol–water partition coefficient (Wildman–Crippen LogP) is 13.1. The van der Waals surface area contributed by atoms with E-state index in [1.165, 1.54) is 16.5 Å². The van der Waals surface area contributed by atoms with Crippen LogP contribution in [0.1, 0.15) is 0 Å². The zero-order valence-corrected chi connectivity index (χ0v) is 29.5. The summed E-state index contributed by atoms with van der Waals surface area (Å²) < 4.78 is 11.1. The standard InChI is InChI=1S/C50H30N4O/c1-3-13-31(14-4-1)32-23-25-33(26-24-32)48-35-17-7-10-20-39(35)51-50(52-48)54-41-29-30-44-47(37-19-9-12-22-43(37)55-44)45(41)38-27-28-42-46(49(38)54)36-18-8-11-21-40(36)53(42)34-15-5-2-6-16-34/h1-30H. The first-order valence-corrected chi connectivity index (χ1v) is 18.6. The van der Waals surface area contributed by atoms with E-state index in [4.69, 9.17) is 14.4 Å².